The molecule has 3 atom stereocenters. The predicted molar refractivity (Wildman–Crippen MR) is 162 cm³/mol. The number of nitrogens with zero attached hydrogens (tertiary/aromatic N) is 4. The van der Waals surface area contributed by atoms with E-state index in [0.717, 1.165) is 94.2 Å². The number of thiazole rings is 1. The number of nitrogens with two attached hydrogens (primary N) is 1. The first-order valence-electron chi connectivity index (χ1n) is 15.4. The van der Waals surface area contributed by atoms with Crippen molar-refractivity contribution in [3.8, 4) is 17.1 Å². The van der Waals surface area contributed by atoms with Gasteiger partial charge in [0.2, 0.25) is 0 Å². The first-order valence-corrected chi connectivity index (χ1v) is 16.2. The summed E-state index contributed by atoms with van der Waals surface area (Å²) < 4.78 is 81.7. The fourth-order valence-corrected chi connectivity index (χ4v) is 8.96. The quantitative estimate of drug-likeness (QED) is 0.213. The number of benzene rings is 2. The fourth-order valence-electron chi connectivity index (χ4n) is 8.20. The second-order valence-corrected chi connectivity index (χ2v) is 13.9. The standard InChI is InChI=1S/C31H32F5N7OS/c32-21-4-3-18(25-26(21)45-28(37)40-25)22-20(31(34,35)36)11-19-24(23(22)33)41-29(44-14-30-5-1-7-43(30)8-2-6-30)42-27(19)39-17-9-15-12-38-13-16(15)10-17/h3-4,11,15-17,38H,1-2,5-10,12-14H2,(H2,37,40)(H,39,41,42)/t15-,16?,17?/m0/s1. The minimum Gasteiger partial charge on any atom is -0.461 e. The van der Waals surface area contributed by atoms with Gasteiger partial charge in [-0.05, 0) is 94.7 Å². The Labute approximate surface area is 259 Å². The van der Waals surface area contributed by atoms with Crippen molar-refractivity contribution in [2.45, 2.75) is 56.3 Å². The lowest BCUT2D eigenvalue weighted by Crippen LogP contribution is -2.43. The first-order chi connectivity index (χ1) is 21.6. The summed E-state index contributed by atoms with van der Waals surface area (Å²) in [5.41, 5.74) is 3.00. The van der Waals surface area contributed by atoms with Gasteiger partial charge in [0.25, 0.3) is 0 Å². The van der Waals surface area contributed by atoms with Crippen LogP contribution in [0.4, 0.5) is 32.9 Å². The van der Waals surface area contributed by atoms with Crippen molar-refractivity contribution < 1.29 is 26.7 Å². The van der Waals surface area contributed by atoms with Crippen LogP contribution in [0.15, 0.2) is 18.2 Å². The topological polar surface area (TPSA) is 101 Å². The summed E-state index contributed by atoms with van der Waals surface area (Å²) in [4.78, 5) is 15.4. The van der Waals surface area contributed by atoms with Gasteiger partial charge in [-0.3, -0.25) is 4.90 Å². The zero-order valence-electron chi connectivity index (χ0n) is 24.3. The maximum atomic E-state index is 16.8. The van der Waals surface area contributed by atoms with Crippen molar-refractivity contribution in [3.05, 3.63) is 35.4 Å². The molecular weight excluding hydrogens is 613 g/mol. The molecule has 4 aromatic rings. The van der Waals surface area contributed by atoms with E-state index in [1.807, 2.05) is 0 Å². The van der Waals surface area contributed by atoms with E-state index in [0.29, 0.717) is 18.4 Å². The van der Waals surface area contributed by atoms with Gasteiger partial charge in [0.15, 0.2) is 10.9 Å². The van der Waals surface area contributed by atoms with Gasteiger partial charge in [-0.15, -0.1) is 0 Å². The second kappa shape index (κ2) is 10.6. The summed E-state index contributed by atoms with van der Waals surface area (Å²) in [5.74, 6) is -0.879. The summed E-state index contributed by atoms with van der Waals surface area (Å²) in [5, 5.41) is 6.61. The van der Waals surface area contributed by atoms with Crippen LogP contribution in [-0.2, 0) is 6.18 Å². The molecular formula is C31H32F5N7OS. The number of nitrogens with one attached hydrogen (secondary N) is 2. The molecule has 1 aliphatic carbocycles. The lowest BCUT2D eigenvalue weighted by atomic mass is 9.95. The van der Waals surface area contributed by atoms with Crippen LogP contribution in [0, 0.1) is 23.5 Å². The number of aromatic nitrogens is 3. The van der Waals surface area contributed by atoms with Crippen LogP contribution in [0.2, 0.25) is 0 Å². The highest BCUT2D eigenvalue weighted by atomic mass is 32.1. The van der Waals surface area contributed by atoms with Crippen LogP contribution in [-0.4, -0.2) is 64.2 Å². The van der Waals surface area contributed by atoms with Crippen molar-refractivity contribution in [1.82, 2.24) is 25.2 Å². The number of fused-ring (bicyclic) bond motifs is 4. The van der Waals surface area contributed by atoms with Gasteiger partial charge < -0.3 is 21.1 Å². The molecule has 2 aromatic heterocycles. The van der Waals surface area contributed by atoms with Crippen molar-refractivity contribution in [2.24, 2.45) is 11.8 Å². The molecule has 1 saturated carbocycles. The van der Waals surface area contributed by atoms with Gasteiger partial charge in [0.05, 0.1) is 21.3 Å². The van der Waals surface area contributed by atoms with Crippen LogP contribution in [0.1, 0.15) is 44.1 Å². The van der Waals surface area contributed by atoms with Crippen LogP contribution in [0.5, 0.6) is 6.01 Å². The molecule has 4 fully saturated rings. The highest BCUT2D eigenvalue weighted by molar-refractivity contribution is 7.22. The van der Waals surface area contributed by atoms with E-state index in [1.54, 1.807) is 0 Å². The molecule has 4 aliphatic rings. The summed E-state index contributed by atoms with van der Waals surface area (Å²) >= 11 is 0.789. The Morgan fingerprint density at radius 1 is 1.04 bits per heavy atom. The zero-order chi connectivity index (χ0) is 31.1. The Hall–Kier alpha value is -3.36. The van der Waals surface area contributed by atoms with Gasteiger partial charge in [-0.2, -0.15) is 23.1 Å². The molecule has 3 aliphatic heterocycles. The average molecular weight is 646 g/mol. The maximum Gasteiger partial charge on any atom is 0.417 e. The Balaban J connectivity index is 1.28. The van der Waals surface area contributed by atoms with Crippen molar-refractivity contribution >= 4 is 43.4 Å². The molecule has 3 saturated heterocycles. The van der Waals surface area contributed by atoms with Crippen molar-refractivity contribution in [1.29, 1.82) is 0 Å². The molecule has 45 heavy (non-hydrogen) atoms. The van der Waals surface area contributed by atoms with E-state index in [4.69, 9.17) is 10.5 Å². The number of alkyl halides is 3. The van der Waals surface area contributed by atoms with E-state index >= 15 is 4.39 Å². The normalized spacial score (nSPS) is 24.5. The summed E-state index contributed by atoms with van der Waals surface area (Å²) in [6, 6.07) is 2.85. The predicted octanol–water partition coefficient (Wildman–Crippen LogP) is 6.20. The van der Waals surface area contributed by atoms with E-state index in [9.17, 15) is 17.6 Å². The van der Waals surface area contributed by atoms with E-state index in [2.05, 4.69) is 30.5 Å². The van der Waals surface area contributed by atoms with Gasteiger partial charge in [-0.1, -0.05) is 11.3 Å². The molecule has 2 aromatic carbocycles. The fraction of sp³-hybridized carbons (Fsp3) is 0.516. The third-order valence-electron chi connectivity index (χ3n) is 10.3. The molecule has 14 heteroatoms. The average Bonchev–Trinajstić information content (AvgIpc) is 3.79. The molecule has 2 unspecified atom stereocenters. The Kier molecular flexibility index (Phi) is 6.84. The molecule has 238 valence electrons. The highest BCUT2D eigenvalue weighted by Gasteiger charge is 2.45. The Morgan fingerprint density at radius 2 is 1.78 bits per heavy atom. The Bertz CT molecular complexity index is 1790. The number of nitrogen functional groups attached to an aromatic ring is 1. The molecule has 8 nitrogen and oxygen atoms in total. The maximum absolute atomic E-state index is 16.8. The number of rotatable bonds is 6. The molecule has 4 N–H and O–H groups in total. The van der Waals surface area contributed by atoms with Gasteiger partial charge in [0, 0.05) is 22.6 Å². The number of halogens is 5. The summed E-state index contributed by atoms with van der Waals surface area (Å²) in [6.07, 6.45) is 0.734. The first kappa shape index (κ1) is 29.1. The molecule has 0 radical (unpaired) electrons. The van der Waals surface area contributed by atoms with Crippen molar-refractivity contribution in [3.63, 3.8) is 0 Å². The lowest BCUT2D eigenvalue weighted by molar-refractivity contribution is -0.137. The van der Waals surface area contributed by atoms with E-state index in [-0.39, 0.29) is 55.2 Å². The SMILES string of the molecule is Nc1nc2c(-c3c(C(F)(F)F)cc4c(NC5CC6CNC[C@@H]6C5)nc(OCC56CCCN5CCC6)nc4c3F)ccc(F)c2s1. The summed E-state index contributed by atoms with van der Waals surface area (Å²) in [6.45, 7) is 4.06. The van der Waals surface area contributed by atoms with Gasteiger partial charge in [0.1, 0.15) is 23.8 Å². The molecule has 0 amide bonds. The third-order valence-corrected chi connectivity index (χ3v) is 11.2. The lowest BCUT2D eigenvalue weighted by Gasteiger charge is -2.31. The van der Waals surface area contributed by atoms with Crippen LogP contribution in [0.3, 0.4) is 0 Å². The highest BCUT2D eigenvalue weighted by Crippen LogP contribution is 2.46. The van der Waals surface area contributed by atoms with E-state index < -0.39 is 28.9 Å². The minimum absolute atomic E-state index is 0.0422. The molecule has 5 heterocycles. The van der Waals surface area contributed by atoms with Crippen LogP contribution >= 0.6 is 11.3 Å². The number of anilines is 2. The number of hydrogen-bond donors (Lipinski definition) is 3. The minimum atomic E-state index is -4.96. The largest absolute Gasteiger partial charge is 0.461 e. The number of hydrogen-bond acceptors (Lipinski definition) is 9. The third kappa shape index (κ3) is 4.87. The van der Waals surface area contributed by atoms with Crippen LogP contribution < -0.4 is 21.1 Å². The Morgan fingerprint density at radius 3 is 2.49 bits per heavy atom. The molecule has 8 rings (SSSR count). The van der Waals surface area contributed by atoms with Crippen LogP contribution in [0.25, 0.3) is 32.2 Å². The van der Waals surface area contributed by atoms with Crippen molar-refractivity contribution in [2.75, 3.05) is 43.8 Å². The molecule has 0 spiro atoms. The van der Waals surface area contributed by atoms with Gasteiger partial charge in [-0.25, -0.2) is 13.8 Å². The molecule has 0 bridgehead atoms. The smallest absolute Gasteiger partial charge is 0.417 e. The number of ether oxygens (including phenoxy) is 1. The monoisotopic (exact) mass is 645 g/mol. The van der Waals surface area contributed by atoms with Gasteiger partial charge >= 0.3 is 12.2 Å². The second-order valence-electron chi connectivity index (χ2n) is 12.9. The zero-order valence-corrected chi connectivity index (χ0v) is 25.1. The summed E-state index contributed by atoms with van der Waals surface area (Å²) in [7, 11) is 0. The van der Waals surface area contributed by atoms with E-state index in [1.165, 1.54) is 0 Å².